The Bertz CT molecular complexity index is 655. The molecule has 0 heterocycles. The molecule has 0 aliphatic heterocycles. The Kier molecular flexibility index (Phi) is 4.86. The third kappa shape index (κ3) is 3.99. The minimum atomic E-state index is -0.592. The molecule has 0 fully saturated rings. The first-order valence-corrected chi connectivity index (χ1v) is 7.14. The standard InChI is InChI=1S/C17H18ClNO2/c1-11-8-9-14(10-15(11)18)19-17(20)13(3)21-16-7-5-4-6-12(16)2/h4-10,13H,1-3H3,(H,19,20)/t13-/m0/s1. The van der Waals surface area contributed by atoms with Crippen LogP contribution in [0.4, 0.5) is 5.69 Å². The fourth-order valence-corrected chi connectivity index (χ4v) is 2.03. The summed E-state index contributed by atoms with van der Waals surface area (Å²) in [4.78, 5) is 12.1. The van der Waals surface area contributed by atoms with Gasteiger partial charge in [-0.05, 0) is 50.1 Å². The van der Waals surface area contributed by atoms with Crippen LogP contribution in [0.2, 0.25) is 5.02 Å². The van der Waals surface area contributed by atoms with Crippen molar-refractivity contribution in [1.29, 1.82) is 0 Å². The smallest absolute Gasteiger partial charge is 0.265 e. The fourth-order valence-electron chi connectivity index (χ4n) is 1.85. The number of carbonyl (C=O) groups is 1. The van der Waals surface area contributed by atoms with Crippen molar-refractivity contribution >= 4 is 23.2 Å². The molecule has 1 N–H and O–H groups in total. The second-order valence-corrected chi connectivity index (χ2v) is 5.39. The number of halogens is 1. The van der Waals surface area contributed by atoms with E-state index in [9.17, 15) is 4.79 Å². The molecule has 21 heavy (non-hydrogen) atoms. The molecule has 0 spiro atoms. The average molecular weight is 304 g/mol. The Morgan fingerprint density at radius 3 is 2.52 bits per heavy atom. The van der Waals surface area contributed by atoms with Gasteiger partial charge in [0.1, 0.15) is 5.75 Å². The van der Waals surface area contributed by atoms with Gasteiger partial charge in [-0.2, -0.15) is 0 Å². The van der Waals surface area contributed by atoms with Gasteiger partial charge in [-0.15, -0.1) is 0 Å². The SMILES string of the molecule is Cc1ccc(NC(=O)[C@H](C)Oc2ccccc2C)cc1Cl. The van der Waals surface area contributed by atoms with E-state index >= 15 is 0 Å². The molecule has 2 aromatic carbocycles. The Hall–Kier alpha value is -2.00. The number of ether oxygens (including phenoxy) is 1. The van der Waals surface area contributed by atoms with Gasteiger partial charge in [0.05, 0.1) is 0 Å². The van der Waals surface area contributed by atoms with Crippen LogP contribution >= 0.6 is 11.6 Å². The number of rotatable bonds is 4. The highest BCUT2D eigenvalue weighted by Gasteiger charge is 2.16. The molecule has 0 bridgehead atoms. The third-order valence-electron chi connectivity index (χ3n) is 3.21. The lowest BCUT2D eigenvalue weighted by Crippen LogP contribution is -2.30. The Labute approximate surface area is 129 Å². The van der Waals surface area contributed by atoms with Crippen LogP contribution in [0, 0.1) is 13.8 Å². The molecule has 2 aromatic rings. The van der Waals surface area contributed by atoms with Crippen molar-refractivity contribution in [3.63, 3.8) is 0 Å². The lowest BCUT2D eigenvalue weighted by atomic mass is 10.2. The van der Waals surface area contributed by atoms with Gasteiger partial charge in [-0.3, -0.25) is 4.79 Å². The minimum absolute atomic E-state index is 0.210. The first-order valence-electron chi connectivity index (χ1n) is 6.76. The van der Waals surface area contributed by atoms with Crippen molar-refractivity contribution in [2.24, 2.45) is 0 Å². The van der Waals surface area contributed by atoms with Crippen LogP contribution in [-0.2, 0) is 4.79 Å². The van der Waals surface area contributed by atoms with Gasteiger partial charge in [0, 0.05) is 10.7 Å². The van der Waals surface area contributed by atoms with E-state index in [-0.39, 0.29) is 5.91 Å². The summed E-state index contributed by atoms with van der Waals surface area (Å²) >= 11 is 6.04. The van der Waals surface area contributed by atoms with E-state index in [1.807, 2.05) is 50.2 Å². The molecule has 0 aliphatic rings. The molecule has 0 saturated carbocycles. The molecule has 0 aliphatic carbocycles. The highest BCUT2D eigenvalue weighted by molar-refractivity contribution is 6.31. The van der Waals surface area contributed by atoms with Crippen LogP contribution in [0.15, 0.2) is 42.5 Å². The summed E-state index contributed by atoms with van der Waals surface area (Å²) in [6, 6.07) is 13.0. The van der Waals surface area contributed by atoms with Crippen molar-refractivity contribution in [2.45, 2.75) is 26.9 Å². The maximum Gasteiger partial charge on any atom is 0.265 e. The van der Waals surface area contributed by atoms with E-state index in [0.29, 0.717) is 16.5 Å². The molecule has 110 valence electrons. The van der Waals surface area contributed by atoms with Gasteiger partial charge in [0.15, 0.2) is 6.10 Å². The summed E-state index contributed by atoms with van der Waals surface area (Å²) in [6.07, 6.45) is -0.592. The van der Waals surface area contributed by atoms with Crippen LogP contribution in [-0.4, -0.2) is 12.0 Å². The van der Waals surface area contributed by atoms with Crippen LogP contribution in [0.25, 0.3) is 0 Å². The number of benzene rings is 2. The van der Waals surface area contributed by atoms with Crippen LogP contribution < -0.4 is 10.1 Å². The van der Waals surface area contributed by atoms with Crippen LogP contribution in [0.1, 0.15) is 18.1 Å². The van der Waals surface area contributed by atoms with E-state index in [4.69, 9.17) is 16.3 Å². The number of nitrogens with one attached hydrogen (secondary N) is 1. The van der Waals surface area contributed by atoms with E-state index in [1.165, 1.54) is 0 Å². The topological polar surface area (TPSA) is 38.3 Å². The summed E-state index contributed by atoms with van der Waals surface area (Å²) in [7, 11) is 0. The number of anilines is 1. The highest BCUT2D eigenvalue weighted by Crippen LogP contribution is 2.21. The predicted octanol–water partition coefficient (Wildman–Crippen LogP) is 4.36. The molecule has 0 unspecified atom stereocenters. The predicted molar refractivity (Wildman–Crippen MR) is 86.1 cm³/mol. The highest BCUT2D eigenvalue weighted by atomic mass is 35.5. The van der Waals surface area contributed by atoms with Gasteiger partial charge >= 0.3 is 0 Å². The van der Waals surface area contributed by atoms with Gasteiger partial charge < -0.3 is 10.1 Å². The Morgan fingerprint density at radius 1 is 1.14 bits per heavy atom. The quantitative estimate of drug-likeness (QED) is 0.911. The monoisotopic (exact) mass is 303 g/mol. The number of carbonyl (C=O) groups excluding carboxylic acids is 1. The molecule has 0 aromatic heterocycles. The molecule has 3 nitrogen and oxygen atoms in total. The Morgan fingerprint density at radius 2 is 1.86 bits per heavy atom. The molecular weight excluding hydrogens is 286 g/mol. The molecule has 0 radical (unpaired) electrons. The molecule has 0 saturated heterocycles. The Balaban J connectivity index is 2.02. The lowest BCUT2D eigenvalue weighted by Gasteiger charge is -2.16. The normalized spacial score (nSPS) is 11.8. The molecule has 2 rings (SSSR count). The number of aryl methyl sites for hydroxylation is 2. The first kappa shape index (κ1) is 15.4. The van der Waals surface area contributed by atoms with Crippen LogP contribution in [0.5, 0.6) is 5.75 Å². The summed E-state index contributed by atoms with van der Waals surface area (Å²) in [5.74, 6) is 0.500. The van der Waals surface area contributed by atoms with E-state index in [2.05, 4.69) is 5.32 Å². The van der Waals surface area contributed by atoms with Crippen molar-refractivity contribution in [2.75, 3.05) is 5.32 Å². The molecular formula is C17H18ClNO2. The number of amides is 1. The second-order valence-electron chi connectivity index (χ2n) is 4.98. The van der Waals surface area contributed by atoms with Gasteiger partial charge in [-0.1, -0.05) is 35.9 Å². The number of para-hydroxylation sites is 1. The summed E-state index contributed by atoms with van der Waals surface area (Å²) in [5.41, 5.74) is 2.63. The minimum Gasteiger partial charge on any atom is -0.481 e. The van der Waals surface area contributed by atoms with E-state index < -0.39 is 6.10 Å². The van der Waals surface area contributed by atoms with Crippen molar-refractivity contribution in [3.05, 3.63) is 58.6 Å². The molecule has 1 atom stereocenters. The summed E-state index contributed by atoms with van der Waals surface area (Å²) in [5, 5.41) is 3.43. The van der Waals surface area contributed by atoms with Gasteiger partial charge in [-0.25, -0.2) is 0 Å². The van der Waals surface area contributed by atoms with Gasteiger partial charge in [0.2, 0.25) is 0 Å². The van der Waals surface area contributed by atoms with Crippen molar-refractivity contribution in [1.82, 2.24) is 0 Å². The zero-order valence-corrected chi connectivity index (χ0v) is 13.1. The van der Waals surface area contributed by atoms with E-state index in [0.717, 1.165) is 11.1 Å². The summed E-state index contributed by atoms with van der Waals surface area (Å²) < 4.78 is 5.69. The fraction of sp³-hybridized carbons (Fsp3) is 0.235. The number of hydrogen-bond donors (Lipinski definition) is 1. The van der Waals surface area contributed by atoms with Gasteiger partial charge in [0.25, 0.3) is 5.91 Å². The zero-order valence-electron chi connectivity index (χ0n) is 12.3. The largest absolute Gasteiger partial charge is 0.481 e. The van der Waals surface area contributed by atoms with Crippen molar-refractivity contribution in [3.8, 4) is 5.75 Å². The number of hydrogen-bond acceptors (Lipinski definition) is 2. The molecule has 4 heteroatoms. The second kappa shape index (κ2) is 6.64. The third-order valence-corrected chi connectivity index (χ3v) is 3.61. The lowest BCUT2D eigenvalue weighted by molar-refractivity contribution is -0.122. The van der Waals surface area contributed by atoms with Crippen molar-refractivity contribution < 1.29 is 9.53 Å². The zero-order chi connectivity index (χ0) is 15.4. The first-order chi connectivity index (χ1) is 9.97. The molecule has 1 amide bonds. The van der Waals surface area contributed by atoms with Crippen LogP contribution in [0.3, 0.4) is 0 Å². The maximum atomic E-state index is 12.1. The average Bonchev–Trinajstić information content (AvgIpc) is 2.45. The maximum absolute atomic E-state index is 12.1. The van der Waals surface area contributed by atoms with E-state index in [1.54, 1.807) is 13.0 Å². The summed E-state index contributed by atoms with van der Waals surface area (Å²) in [6.45, 7) is 5.58.